The Morgan fingerprint density at radius 2 is 1.81 bits per heavy atom. The maximum absolute atomic E-state index is 12.6. The number of alkyl halides is 3. The number of nitrogens with two attached hydrogens (primary N) is 2. The summed E-state index contributed by atoms with van der Waals surface area (Å²) in [5.41, 5.74) is 11.6. The molecule has 1 atom stereocenters. The monoisotopic (exact) mass is 296 g/mol. The summed E-state index contributed by atoms with van der Waals surface area (Å²) in [7, 11) is 0. The number of nitrogens with zero attached hydrogens (tertiary/aromatic N) is 1. The molecule has 1 aromatic carbocycles. The molecule has 0 radical (unpaired) electrons. The molecule has 1 heterocycles. The summed E-state index contributed by atoms with van der Waals surface area (Å²) < 4.78 is 37.7. The van der Waals surface area contributed by atoms with Crippen LogP contribution in [0.5, 0.6) is 0 Å². The van der Waals surface area contributed by atoms with Gasteiger partial charge in [-0.1, -0.05) is 12.1 Å². The SMILES string of the molecule is NC1=NC(N)(C2CC2)C=C(c2ccc(C(F)(F)F)cc2)N1. The standard InChI is InChI=1S/C14H15F3N4/c15-14(16,17)10-3-1-8(2-4-10)11-7-13(19,9-5-6-9)21-12(18)20-11/h1-4,7,9H,5-6,19H2,(H3,18,20,21). The van der Waals surface area contributed by atoms with Gasteiger partial charge >= 0.3 is 6.18 Å². The van der Waals surface area contributed by atoms with Gasteiger partial charge in [0, 0.05) is 11.6 Å². The Morgan fingerprint density at radius 1 is 1.19 bits per heavy atom. The number of benzene rings is 1. The maximum Gasteiger partial charge on any atom is 0.416 e. The number of aliphatic imine (C=N–C) groups is 1. The van der Waals surface area contributed by atoms with Crippen molar-refractivity contribution in [3.05, 3.63) is 41.5 Å². The third kappa shape index (κ3) is 2.73. The van der Waals surface area contributed by atoms with E-state index in [1.54, 1.807) is 6.08 Å². The summed E-state index contributed by atoms with van der Waals surface area (Å²) in [6.45, 7) is 0. The summed E-state index contributed by atoms with van der Waals surface area (Å²) in [6, 6.07) is 4.87. The van der Waals surface area contributed by atoms with Gasteiger partial charge in [0.05, 0.1) is 5.56 Å². The van der Waals surface area contributed by atoms with E-state index in [1.807, 2.05) is 0 Å². The number of hydrogen-bond acceptors (Lipinski definition) is 4. The van der Waals surface area contributed by atoms with Crippen molar-refractivity contribution in [1.82, 2.24) is 5.32 Å². The fourth-order valence-corrected chi connectivity index (χ4v) is 2.42. The van der Waals surface area contributed by atoms with E-state index >= 15 is 0 Å². The van der Waals surface area contributed by atoms with Crippen molar-refractivity contribution >= 4 is 11.7 Å². The number of guanidine groups is 1. The van der Waals surface area contributed by atoms with E-state index in [2.05, 4.69) is 10.3 Å². The molecule has 1 saturated carbocycles. The minimum Gasteiger partial charge on any atom is -0.370 e. The first-order valence-corrected chi connectivity index (χ1v) is 6.60. The molecular formula is C14H15F3N4. The molecule has 1 unspecified atom stereocenters. The van der Waals surface area contributed by atoms with Gasteiger partial charge < -0.3 is 16.8 Å². The second-order valence-electron chi connectivity index (χ2n) is 5.42. The molecule has 1 aliphatic carbocycles. The highest BCUT2D eigenvalue weighted by atomic mass is 19.4. The second-order valence-corrected chi connectivity index (χ2v) is 5.42. The minimum atomic E-state index is -4.35. The number of rotatable bonds is 2. The van der Waals surface area contributed by atoms with Crippen LogP contribution in [-0.2, 0) is 6.18 Å². The van der Waals surface area contributed by atoms with Gasteiger partial charge in [0.15, 0.2) is 5.96 Å². The molecule has 4 nitrogen and oxygen atoms in total. The minimum absolute atomic E-state index is 0.182. The molecule has 0 aromatic heterocycles. The zero-order valence-corrected chi connectivity index (χ0v) is 11.1. The molecule has 1 fully saturated rings. The average molecular weight is 296 g/mol. The molecular weight excluding hydrogens is 281 g/mol. The molecule has 0 bridgehead atoms. The van der Waals surface area contributed by atoms with Gasteiger partial charge in [-0.05, 0) is 36.6 Å². The van der Waals surface area contributed by atoms with Crippen molar-refractivity contribution in [2.75, 3.05) is 0 Å². The van der Waals surface area contributed by atoms with E-state index in [4.69, 9.17) is 11.5 Å². The third-order valence-electron chi connectivity index (χ3n) is 3.71. The van der Waals surface area contributed by atoms with Crippen molar-refractivity contribution in [3.63, 3.8) is 0 Å². The van der Waals surface area contributed by atoms with Crippen LogP contribution in [0, 0.1) is 5.92 Å². The Bertz CT molecular complexity index is 614. The highest BCUT2D eigenvalue weighted by Gasteiger charge is 2.42. The van der Waals surface area contributed by atoms with E-state index in [-0.39, 0.29) is 11.9 Å². The first kappa shape index (κ1) is 13.9. The van der Waals surface area contributed by atoms with Gasteiger partial charge in [-0.25, -0.2) is 4.99 Å². The summed E-state index contributed by atoms with van der Waals surface area (Å²) in [6.07, 6.45) is -0.656. The zero-order chi connectivity index (χ0) is 15.3. The van der Waals surface area contributed by atoms with Crippen LogP contribution in [0.1, 0.15) is 24.0 Å². The Labute approximate surface area is 119 Å². The van der Waals surface area contributed by atoms with Crippen LogP contribution in [0.15, 0.2) is 35.3 Å². The van der Waals surface area contributed by atoms with E-state index in [9.17, 15) is 13.2 Å². The van der Waals surface area contributed by atoms with E-state index < -0.39 is 17.4 Å². The number of halogens is 3. The fraction of sp³-hybridized carbons (Fsp3) is 0.357. The van der Waals surface area contributed by atoms with Crippen LogP contribution in [0.25, 0.3) is 5.70 Å². The molecule has 112 valence electrons. The smallest absolute Gasteiger partial charge is 0.370 e. The summed E-state index contributed by atoms with van der Waals surface area (Å²) in [4.78, 5) is 4.21. The molecule has 0 saturated heterocycles. The molecule has 2 aliphatic rings. The van der Waals surface area contributed by atoms with Crippen LogP contribution in [-0.4, -0.2) is 11.6 Å². The van der Waals surface area contributed by atoms with Gasteiger partial charge in [-0.2, -0.15) is 13.2 Å². The Hall–Kier alpha value is -2.02. The normalized spacial score (nSPS) is 25.9. The van der Waals surface area contributed by atoms with Gasteiger partial charge in [0.1, 0.15) is 5.66 Å². The largest absolute Gasteiger partial charge is 0.416 e. The van der Waals surface area contributed by atoms with Crippen LogP contribution in [0.2, 0.25) is 0 Å². The quantitative estimate of drug-likeness (QED) is 0.781. The molecule has 5 N–H and O–H groups in total. The maximum atomic E-state index is 12.6. The zero-order valence-electron chi connectivity index (χ0n) is 11.1. The molecule has 0 amide bonds. The van der Waals surface area contributed by atoms with Crippen molar-refractivity contribution in [1.29, 1.82) is 0 Å². The number of hydrogen-bond donors (Lipinski definition) is 3. The van der Waals surface area contributed by atoms with Gasteiger partial charge in [0.25, 0.3) is 0 Å². The van der Waals surface area contributed by atoms with Crippen LogP contribution in [0.3, 0.4) is 0 Å². The number of nitrogens with one attached hydrogen (secondary N) is 1. The summed E-state index contributed by atoms with van der Waals surface area (Å²) >= 11 is 0. The fourth-order valence-electron chi connectivity index (χ4n) is 2.42. The van der Waals surface area contributed by atoms with Crippen LogP contribution < -0.4 is 16.8 Å². The summed E-state index contributed by atoms with van der Waals surface area (Å²) in [5, 5.41) is 2.86. The van der Waals surface area contributed by atoms with Crippen molar-refractivity contribution < 1.29 is 13.2 Å². The van der Waals surface area contributed by atoms with Crippen LogP contribution in [0.4, 0.5) is 13.2 Å². The molecule has 21 heavy (non-hydrogen) atoms. The average Bonchev–Trinajstić information content (AvgIpc) is 3.21. The van der Waals surface area contributed by atoms with Crippen molar-refractivity contribution in [2.24, 2.45) is 22.4 Å². The van der Waals surface area contributed by atoms with Crippen molar-refractivity contribution in [3.8, 4) is 0 Å². The van der Waals surface area contributed by atoms with Gasteiger partial charge in [-0.15, -0.1) is 0 Å². The predicted molar refractivity (Wildman–Crippen MR) is 73.8 cm³/mol. The molecule has 3 rings (SSSR count). The topological polar surface area (TPSA) is 76.4 Å². The lowest BCUT2D eigenvalue weighted by Gasteiger charge is -2.28. The predicted octanol–water partition coefficient (Wildman–Crippen LogP) is 2.03. The lowest BCUT2D eigenvalue weighted by Crippen LogP contribution is -2.47. The van der Waals surface area contributed by atoms with Crippen LogP contribution >= 0.6 is 0 Å². The Kier molecular flexibility index (Phi) is 2.98. The lowest BCUT2D eigenvalue weighted by molar-refractivity contribution is -0.137. The molecule has 0 spiro atoms. The van der Waals surface area contributed by atoms with E-state index in [0.717, 1.165) is 25.0 Å². The van der Waals surface area contributed by atoms with Gasteiger partial charge in [0.2, 0.25) is 0 Å². The van der Waals surface area contributed by atoms with E-state index in [0.29, 0.717) is 11.3 Å². The molecule has 1 aromatic rings. The van der Waals surface area contributed by atoms with Crippen molar-refractivity contribution in [2.45, 2.75) is 24.7 Å². The first-order chi connectivity index (χ1) is 9.78. The Morgan fingerprint density at radius 3 is 2.33 bits per heavy atom. The highest BCUT2D eigenvalue weighted by molar-refractivity contribution is 5.90. The first-order valence-electron chi connectivity index (χ1n) is 6.60. The summed E-state index contributed by atoms with van der Waals surface area (Å²) in [5.74, 6) is 0.421. The molecule has 1 aliphatic heterocycles. The van der Waals surface area contributed by atoms with E-state index in [1.165, 1.54) is 12.1 Å². The molecule has 7 heteroatoms. The lowest BCUT2D eigenvalue weighted by atomic mass is 9.99. The third-order valence-corrected chi connectivity index (χ3v) is 3.71. The Balaban J connectivity index is 1.91. The highest BCUT2D eigenvalue weighted by Crippen LogP contribution is 2.41. The second kappa shape index (κ2) is 4.49. The van der Waals surface area contributed by atoms with Gasteiger partial charge in [-0.3, -0.25) is 0 Å².